The van der Waals surface area contributed by atoms with Crippen molar-refractivity contribution in [2.24, 2.45) is 0 Å². The Kier molecular flexibility index (Phi) is 4.10. The lowest BCUT2D eigenvalue weighted by atomic mass is 10.1. The summed E-state index contributed by atoms with van der Waals surface area (Å²) in [6.07, 6.45) is 0. The second kappa shape index (κ2) is 6.57. The first kappa shape index (κ1) is 16.2. The molecule has 0 spiro atoms. The highest BCUT2D eigenvalue weighted by Crippen LogP contribution is 2.25. The van der Waals surface area contributed by atoms with Crippen molar-refractivity contribution in [2.45, 2.75) is 6.54 Å². The molecule has 26 heavy (non-hydrogen) atoms. The number of benzene rings is 2. The number of nitrogens with zero attached hydrogens (tertiary/aromatic N) is 3. The molecule has 7 heteroatoms. The Balaban J connectivity index is 1.96. The fraction of sp³-hybridized carbons (Fsp3) is 0.0526. The van der Waals surface area contributed by atoms with Crippen molar-refractivity contribution in [1.29, 1.82) is 0 Å². The lowest BCUT2D eigenvalue weighted by Crippen LogP contribution is -2.32. The summed E-state index contributed by atoms with van der Waals surface area (Å²) in [6, 6.07) is 18.6. The van der Waals surface area contributed by atoms with Crippen molar-refractivity contribution in [3.8, 4) is 11.3 Å². The van der Waals surface area contributed by atoms with Gasteiger partial charge in [0.25, 0.3) is 5.56 Å². The summed E-state index contributed by atoms with van der Waals surface area (Å²) in [4.78, 5) is 35.6. The van der Waals surface area contributed by atoms with Crippen LogP contribution in [-0.4, -0.2) is 19.5 Å². The van der Waals surface area contributed by atoms with E-state index in [1.807, 2.05) is 60.7 Å². The quantitative estimate of drug-likeness (QED) is 0.606. The van der Waals surface area contributed by atoms with E-state index in [0.717, 1.165) is 11.1 Å². The topological polar surface area (TPSA) is 80.6 Å². The molecule has 0 aliphatic rings. The van der Waals surface area contributed by atoms with Crippen LogP contribution in [0.2, 0.25) is 5.15 Å². The minimum Gasteiger partial charge on any atom is -0.272 e. The van der Waals surface area contributed by atoms with E-state index in [1.165, 1.54) is 4.57 Å². The predicted octanol–water partition coefficient (Wildman–Crippen LogP) is 2.85. The van der Waals surface area contributed by atoms with E-state index in [4.69, 9.17) is 11.6 Å². The van der Waals surface area contributed by atoms with Gasteiger partial charge in [-0.2, -0.15) is 0 Å². The van der Waals surface area contributed by atoms with Crippen LogP contribution in [0, 0.1) is 0 Å². The number of hydrogen-bond acceptors (Lipinski definition) is 4. The van der Waals surface area contributed by atoms with E-state index in [2.05, 4.69) is 15.0 Å². The van der Waals surface area contributed by atoms with Gasteiger partial charge in [-0.25, -0.2) is 14.8 Å². The largest absolute Gasteiger partial charge is 0.330 e. The molecule has 128 valence electrons. The van der Waals surface area contributed by atoms with Gasteiger partial charge in [-0.1, -0.05) is 72.3 Å². The van der Waals surface area contributed by atoms with Crippen molar-refractivity contribution in [3.63, 3.8) is 0 Å². The minimum atomic E-state index is -0.587. The average molecular weight is 365 g/mol. The summed E-state index contributed by atoms with van der Waals surface area (Å²) in [6.45, 7) is 0.253. The maximum Gasteiger partial charge on any atom is 0.330 e. The van der Waals surface area contributed by atoms with Crippen molar-refractivity contribution in [1.82, 2.24) is 19.5 Å². The summed E-state index contributed by atoms with van der Waals surface area (Å²) in [5.74, 6) is 0. The predicted molar refractivity (Wildman–Crippen MR) is 100 cm³/mol. The average Bonchev–Trinajstić information content (AvgIpc) is 2.66. The Morgan fingerprint density at radius 3 is 2.27 bits per heavy atom. The third kappa shape index (κ3) is 2.91. The molecule has 2 heterocycles. The van der Waals surface area contributed by atoms with Crippen LogP contribution in [0.4, 0.5) is 0 Å². The molecule has 2 aromatic heterocycles. The molecule has 0 fully saturated rings. The van der Waals surface area contributed by atoms with Crippen LogP contribution in [0.5, 0.6) is 0 Å². The molecule has 0 radical (unpaired) electrons. The van der Waals surface area contributed by atoms with E-state index >= 15 is 0 Å². The second-order valence-corrected chi connectivity index (χ2v) is 6.09. The van der Waals surface area contributed by atoms with Gasteiger partial charge in [0, 0.05) is 5.56 Å². The Morgan fingerprint density at radius 2 is 1.58 bits per heavy atom. The summed E-state index contributed by atoms with van der Waals surface area (Å²) >= 11 is 6.32. The third-order valence-corrected chi connectivity index (χ3v) is 4.27. The molecular formula is C19H13ClN4O2. The Bertz CT molecular complexity index is 1200. The molecule has 1 N–H and O–H groups in total. The molecule has 2 aromatic carbocycles. The van der Waals surface area contributed by atoms with Gasteiger partial charge in [-0.15, -0.1) is 0 Å². The van der Waals surface area contributed by atoms with Crippen LogP contribution in [-0.2, 0) is 6.54 Å². The molecule has 6 nitrogen and oxygen atoms in total. The minimum absolute atomic E-state index is 0.0729. The van der Waals surface area contributed by atoms with Crippen molar-refractivity contribution in [2.75, 3.05) is 0 Å². The monoisotopic (exact) mass is 364 g/mol. The number of fused-ring (bicyclic) bond motifs is 1. The van der Waals surface area contributed by atoms with Crippen LogP contribution in [0.15, 0.2) is 70.3 Å². The lowest BCUT2D eigenvalue weighted by Gasteiger charge is -2.10. The van der Waals surface area contributed by atoms with Gasteiger partial charge >= 0.3 is 5.69 Å². The van der Waals surface area contributed by atoms with E-state index in [9.17, 15) is 9.59 Å². The number of aromatic nitrogens is 4. The zero-order valence-electron chi connectivity index (χ0n) is 13.5. The highest BCUT2D eigenvalue weighted by Gasteiger charge is 2.16. The van der Waals surface area contributed by atoms with Crippen LogP contribution < -0.4 is 11.2 Å². The highest BCUT2D eigenvalue weighted by molar-refractivity contribution is 6.32. The van der Waals surface area contributed by atoms with Gasteiger partial charge in [0.2, 0.25) is 0 Å². The first-order valence-corrected chi connectivity index (χ1v) is 8.31. The standard InChI is InChI=1S/C19H13ClN4O2/c20-16-14(13-9-5-2-6-10-13)21-15-17(22-16)24(19(26)23-18(15)25)11-12-7-3-1-4-8-12/h1-10H,11H2,(H,23,25,26). The van der Waals surface area contributed by atoms with Gasteiger partial charge in [-0.05, 0) is 5.56 Å². The first-order chi connectivity index (χ1) is 12.6. The number of H-pyrrole nitrogens is 1. The molecule has 0 atom stereocenters. The fourth-order valence-corrected chi connectivity index (χ4v) is 2.99. The van der Waals surface area contributed by atoms with Crippen LogP contribution in [0.3, 0.4) is 0 Å². The van der Waals surface area contributed by atoms with E-state index in [-0.39, 0.29) is 22.9 Å². The Labute approximate surface area is 152 Å². The molecular weight excluding hydrogens is 352 g/mol. The third-order valence-electron chi connectivity index (χ3n) is 4.00. The highest BCUT2D eigenvalue weighted by atomic mass is 35.5. The zero-order valence-corrected chi connectivity index (χ0v) is 14.3. The number of rotatable bonds is 3. The normalized spacial score (nSPS) is 11.0. The number of halogens is 1. The zero-order chi connectivity index (χ0) is 18.1. The second-order valence-electron chi connectivity index (χ2n) is 5.73. The van der Waals surface area contributed by atoms with Crippen LogP contribution in [0.25, 0.3) is 22.4 Å². The number of aromatic amines is 1. The smallest absolute Gasteiger partial charge is 0.272 e. The molecule has 0 aliphatic carbocycles. The van der Waals surface area contributed by atoms with Crippen LogP contribution >= 0.6 is 11.6 Å². The summed E-state index contributed by atoms with van der Waals surface area (Å²) in [5, 5.41) is 0.135. The van der Waals surface area contributed by atoms with Crippen molar-refractivity contribution in [3.05, 3.63) is 92.2 Å². The van der Waals surface area contributed by atoms with Crippen molar-refractivity contribution >= 4 is 22.8 Å². The number of nitrogens with one attached hydrogen (secondary N) is 1. The molecule has 0 saturated heterocycles. The first-order valence-electron chi connectivity index (χ1n) is 7.93. The Hall–Kier alpha value is -3.25. The van der Waals surface area contributed by atoms with Gasteiger partial charge in [-0.3, -0.25) is 14.3 Å². The van der Waals surface area contributed by atoms with Crippen molar-refractivity contribution < 1.29 is 0 Å². The van der Waals surface area contributed by atoms with Gasteiger partial charge < -0.3 is 0 Å². The molecule has 4 aromatic rings. The molecule has 0 saturated carbocycles. The SMILES string of the molecule is O=c1[nH]c(=O)n(Cc2ccccc2)c2nc(Cl)c(-c3ccccc3)nc12. The Morgan fingerprint density at radius 1 is 0.923 bits per heavy atom. The van der Waals surface area contributed by atoms with E-state index < -0.39 is 11.2 Å². The summed E-state index contributed by atoms with van der Waals surface area (Å²) in [7, 11) is 0. The van der Waals surface area contributed by atoms with Gasteiger partial charge in [0.15, 0.2) is 16.3 Å². The maximum absolute atomic E-state index is 12.3. The fourth-order valence-electron chi connectivity index (χ4n) is 2.76. The molecule has 0 bridgehead atoms. The molecule has 0 aliphatic heterocycles. The van der Waals surface area contributed by atoms with Gasteiger partial charge in [0.1, 0.15) is 5.69 Å². The van der Waals surface area contributed by atoms with E-state index in [1.54, 1.807) is 0 Å². The lowest BCUT2D eigenvalue weighted by molar-refractivity contribution is 0.744. The van der Waals surface area contributed by atoms with E-state index in [0.29, 0.717) is 5.69 Å². The molecule has 0 amide bonds. The summed E-state index contributed by atoms with van der Waals surface area (Å²) in [5.41, 5.74) is 1.13. The molecule has 0 unspecified atom stereocenters. The number of hydrogen-bond donors (Lipinski definition) is 1. The van der Waals surface area contributed by atoms with Crippen LogP contribution in [0.1, 0.15) is 5.56 Å². The maximum atomic E-state index is 12.3. The van der Waals surface area contributed by atoms with Gasteiger partial charge in [0.05, 0.1) is 6.54 Å². The summed E-state index contributed by atoms with van der Waals surface area (Å²) < 4.78 is 1.36. The molecule has 4 rings (SSSR count).